The number of hydrogen-bond acceptors (Lipinski definition) is 3. The third-order valence-corrected chi connectivity index (χ3v) is 2.94. The summed E-state index contributed by atoms with van der Waals surface area (Å²) in [6.45, 7) is 0. The lowest BCUT2D eigenvalue weighted by Crippen LogP contribution is -2.33. The highest BCUT2D eigenvalue weighted by molar-refractivity contribution is 9.11. The normalized spacial score (nSPS) is 10.2. The molecule has 0 fully saturated rings. The number of urea groups is 1. The van der Waals surface area contributed by atoms with E-state index in [4.69, 9.17) is 5.11 Å². The average molecular weight is 392 g/mol. The van der Waals surface area contributed by atoms with E-state index in [0.29, 0.717) is 16.2 Å². The lowest BCUT2D eigenvalue weighted by Gasteiger charge is -2.07. The third kappa shape index (κ3) is 5.66. The van der Waals surface area contributed by atoms with Gasteiger partial charge in [-0.3, -0.25) is 10.1 Å². The maximum absolute atomic E-state index is 11.4. The van der Waals surface area contributed by atoms with Crippen molar-refractivity contribution in [2.75, 3.05) is 5.32 Å². The smallest absolute Gasteiger partial charge is 0.328 e. The molecule has 0 heterocycles. The quantitative estimate of drug-likeness (QED) is 0.689. The molecule has 3 N–H and O–H groups in total. The van der Waals surface area contributed by atoms with E-state index in [9.17, 15) is 14.4 Å². The predicted octanol–water partition coefficient (Wildman–Crippen LogP) is 2.50. The second-order valence-corrected chi connectivity index (χ2v) is 5.01. The van der Waals surface area contributed by atoms with Crippen LogP contribution in [0.5, 0.6) is 0 Å². The van der Waals surface area contributed by atoms with Crippen molar-refractivity contribution in [3.8, 4) is 0 Å². The Morgan fingerprint density at radius 3 is 2.42 bits per heavy atom. The Kier molecular flexibility index (Phi) is 5.71. The summed E-state index contributed by atoms with van der Waals surface area (Å²) >= 11 is 6.50. The van der Waals surface area contributed by atoms with Crippen LogP contribution < -0.4 is 10.6 Å². The third-order valence-electron chi connectivity index (χ3n) is 1.79. The summed E-state index contributed by atoms with van der Waals surface area (Å²) in [5.41, 5.74) is 0.468. The number of benzene rings is 1. The van der Waals surface area contributed by atoms with Crippen LogP contribution in [0.2, 0.25) is 0 Å². The molecule has 0 aromatic heterocycles. The van der Waals surface area contributed by atoms with E-state index in [0.717, 1.165) is 10.5 Å². The van der Waals surface area contributed by atoms with Crippen LogP contribution in [-0.2, 0) is 9.59 Å². The summed E-state index contributed by atoms with van der Waals surface area (Å²) in [5.74, 6) is -2.10. The summed E-state index contributed by atoms with van der Waals surface area (Å²) in [6.07, 6.45) is 1.39. The molecule has 8 heteroatoms. The van der Waals surface area contributed by atoms with Gasteiger partial charge in [0, 0.05) is 21.1 Å². The molecule has 100 valence electrons. The zero-order chi connectivity index (χ0) is 14.4. The first-order chi connectivity index (χ1) is 8.88. The van der Waals surface area contributed by atoms with Gasteiger partial charge in [0.15, 0.2) is 0 Å². The predicted molar refractivity (Wildman–Crippen MR) is 75.8 cm³/mol. The largest absolute Gasteiger partial charge is 0.478 e. The van der Waals surface area contributed by atoms with Gasteiger partial charge in [0.05, 0.1) is 5.69 Å². The first-order valence-corrected chi connectivity index (χ1v) is 6.45. The molecule has 0 atom stereocenters. The van der Waals surface area contributed by atoms with Gasteiger partial charge < -0.3 is 10.4 Å². The number of carboxylic acid groups (broad SMARTS) is 1. The Hall–Kier alpha value is -1.67. The van der Waals surface area contributed by atoms with Crippen molar-refractivity contribution in [1.82, 2.24) is 5.32 Å². The van der Waals surface area contributed by atoms with Crippen molar-refractivity contribution in [1.29, 1.82) is 0 Å². The molecular formula is C11H8Br2N2O4. The molecule has 0 saturated heterocycles. The molecule has 0 aliphatic heterocycles. The van der Waals surface area contributed by atoms with Crippen molar-refractivity contribution in [3.63, 3.8) is 0 Å². The molecule has 0 bridgehead atoms. The number of hydrogen-bond donors (Lipinski definition) is 3. The van der Waals surface area contributed by atoms with E-state index in [-0.39, 0.29) is 0 Å². The number of amides is 3. The molecule has 0 aliphatic carbocycles. The van der Waals surface area contributed by atoms with E-state index < -0.39 is 17.9 Å². The summed E-state index contributed by atoms with van der Waals surface area (Å²) in [5, 5.41) is 12.7. The fourth-order valence-corrected chi connectivity index (χ4v) is 2.19. The molecule has 0 aliphatic rings. The van der Waals surface area contributed by atoms with Crippen LogP contribution in [-0.4, -0.2) is 23.0 Å². The number of carbonyl (C=O) groups excluding carboxylic acids is 2. The van der Waals surface area contributed by atoms with E-state index in [1.54, 1.807) is 18.2 Å². The molecule has 3 amide bonds. The van der Waals surface area contributed by atoms with Gasteiger partial charge >= 0.3 is 12.0 Å². The summed E-state index contributed by atoms with van der Waals surface area (Å²) < 4.78 is 1.45. The van der Waals surface area contributed by atoms with Gasteiger partial charge in [0.1, 0.15) is 0 Å². The van der Waals surface area contributed by atoms with E-state index in [2.05, 4.69) is 37.2 Å². The number of carboxylic acids is 1. The monoisotopic (exact) mass is 390 g/mol. The van der Waals surface area contributed by atoms with Crippen LogP contribution in [0, 0.1) is 0 Å². The molecule has 1 aromatic carbocycles. The molecule has 19 heavy (non-hydrogen) atoms. The molecule has 1 rings (SSSR count). The van der Waals surface area contributed by atoms with Crippen molar-refractivity contribution in [3.05, 3.63) is 39.3 Å². The number of nitrogens with one attached hydrogen (secondary N) is 2. The summed E-state index contributed by atoms with van der Waals surface area (Å²) in [7, 11) is 0. The maximum Gasteiger partial charge on any atom is 0.328 e. The van der Waals surface area contributed by atoms with Crippen LogP contribution in [0.1, 0.15) is 0 Å². The van der Waals surface area contributed by atoms with Crippen molar-refractivity contribution in [2.24, 2.45) is 0 Å². The molecule has 0 unspecified atom stereocenters. The minimum Gasteiger partial charge on any atom is -0.478 e. The number of aliphatic carboxylic acids is 1. The second kappa shape index (κ2) is 7.05. The van der Waals surface area contributed by atoms with Crippen LogP contribution in [0.4, 0.5) is 10.5 Å². The second-order valence-electron chi connectivity index (χ2n) is 3.24. The number of anilines is 1. The van der Waals surface area contributed by atoms with Gasteiger partial charge in [-0.1, -0.05) is 15.9 Å². The zero-order valence-corrected chi connectivity index (χ0v) is 12.5. The first kappa shape index (κ1) is 15.4. The van der Waals surface area contributed by atoms with Gasteiger partial charge in [0.2, 0.25) is 0 Å². The van der Waals surface area contributed by atoms with Crippen LogP contribution in [0.25, 0.3) is 0 Å². The molecule has 0 saturated carbocycles. The Bertz CT molecular complexity index is 558. The molecule has 0 radical (unpaired) electrons. The van der Waals surface area contributed by atoms with Gasteiger partial charge in [-0.05, 0) is 34.1 Å². The number of rotatable bonds is 3. The Morgan fingerprint density at radius 1 is 1.16 bits per heavy atom. The van der Waals surface area contributed by atoms with Gasteiger partial charge in [-0.25, -0.2) is 9.59 Å². The molecule has 6 nitrogen and oxygen atoms in total. The molecular weight excluding hydrogens is 384 g/mol. The van der Waals surface area contributed by atoms with Crippen molar-refractivity contribution in [2.45, 2.75) is 0 Å². The van der Waals surface area contributed by atoms with Crippen LogP contribution in [0.3, 0.4) is 0 Å². The fraction of sp³-hybridized carbons (Fsp3) is 0. The number of carbonyl (C=O) groups is 3. The van der Waals surface area contributed by atoms with Crippen LogP contribution in [0.15, 0.2) is 39.3 Å². The van der Waals surface area contributed by atoms with Gasteiger partial charge in [-0.15, -0.1) is 0 Å². The Labute approximate surface area is 125 Å². The van der Waals surface area contributed by atoms with Crippen molar-refractivity contribution < 1.29 is 19.5 Å². The lowest BCUT2D eigenvalue weighted by atomic mass is 10.3. The SMILES string of the molecule is O=C(O)/C=C/C(=O)NC(=O)Nc1ccc(Br)cc1Br. The Morgan fingerprint density at radius 2 is 1.84 bits per heavy atom. The van der Waals surface area contributed by atoms with Gasteiger partial charge in [-0.2, -0.15) is 0 Å². The van der Waals surface area contributed by atoms with E-state index in [1.807, 2.05) is 5.32 Å². The molecule has 0 spiro atoms. The fourth-order valence-electron chi connectivity index (χ4n) is 1.04. The van der Waals surface area contributed by atoms with E-state index >= 15 is 0 Å². The first-order valence-electron chi connectivity index (χ1n) is 4.86. The number of halogens is 2. The summed E-state index contributed by atoms with van der Waals surface area (Å²) in [6, 6.07) is 4.31. The molecule has 1 aromatic rings. The summed E-state index contributed by atoms with van der Waals surface area (Å²) in [4.78, 5) is 32.8. The lowest BCUT2D eigenvalue weighted by molar-refractivity contribution is -0.131. The Balaban J connectivity index is 2.60. The van der Waals surface area contributed by atoms with E-state index in [1.165, 1.54) is 0 Å². The van der Waals surface area contributed by atoms with Gasteiger partial charge in [0.25, 0.3) is 5.91 Å². The highest BCUT2D eigenvalue weighted by Crippen LogP contribution is 2.25. The topological polar surface area (TPSA) is 95.5 Å². The minimum absolute atomic E-state index is 0.468. The maximum atomic E-state index is 11.4. The highest BCUT2D eigenvalue weighted by atomic mass is 79.9. The van der Waals surface area contributed by atoms with Crippen LogP contribution >= 0.6 is 31.9 Å². The number of imide groups is 1. The van der Waals surface area contributed by atoms with Crippen molar-refractivity contribution >= 4 is 55.5 Å². The minimum atomic E-state index is -1.27. The zero-order valence-electron chi connectivity index (χ0n) is 9.31. The highest BCUT2D eigenvalue weighted by Gasteiger charge is 2.08. The standard InChI is InChI=1S/C11H8Br2N2O4/c12-6-1-2-8(7(13)5-6)14-11(19)15-9(16)3-4-10(17)18/h1-5H,(H,17,18)(H2,14,15,16,19)/b4-3+. The average Bonchev–Trinajstić information content (AvgIpc) is 2.30.